The minimum absolute atomic E-state index is 0.171. The highest BCUT2D eigenvalue weighted by molar-refractivity contribution is 6.36. The van der Waals surface area contributed by atoms with E-state index in [1.54, 1.807) is 12.1 Å². The number of hydrogen-bond acceptors (Lipinski definition) is 3. The predicted octanol–water partition coefficient (Wildman–Crippen LogP) is 7.46. The lowest BCUT2D eigenvalue weighted by Gasteiger charge is -2.26. The van der Waals surface area contributed by atoms with Gasteiger partial charge in [0.1, 0.15) is 6.54 Å². The van der Waals surface area contributed by atoms with Gasteiger partial charge in [0.05, 0.1) is 16.3 Å². The van der Waals surface area contributed by atoms with Crippen LogP contribution in [0.4, 0.5) is 5.95 Å². The summed E-state index contributed by atoms with van der Waals surface area (Å²) in [6.45, 7) is 7.81. The van der Waals surface area contributed by atoms with Gasteiger partial charge >= 0.3 is 0 Å². The van der Waals surface area contributed by atoms with Crippen molar-refractivity contribution >= 4 is 41.0 Å². The van der Waals surface area contributed by atoms with E-state index in [0.29, 0.717) is 16.9 Å². The van der Waals surface area contributed by atoms with E-state index in [0.717, 1.165) is 16.9 Å². The minimum atomic E-state index is -0.373. The average molecular weight is 550 g/mol. The monoisotopic (exact) mass is 548 g/mol. The second-order valence-electron chi connectivity index (χ2n) is 9.63. The quantitative estimate of drug-likeness (QED) is 0.248. The lowest BCUT2D eigenvalue weighted by molar-refractivity contribution is -0.117. The van der Waals surface area contributed by atoms with Crippen LogP contribution in [0.15, 0.2) is 79.0 Å². The van der Waals surface area contributed by atoms with Crippen molar-refractivity contribution in [3.63, 3.8) is 0 Å². The smallest absolute Gasteiger partial charge is 0.256 e. The van der Waals surface area contributed by atoms with Crippen LogP contribution in [0.2, 0.25) is 10.0 Å². The summed E-state index contributed by atoms with van der Waals surface area (Å²) >= 11 is 12.3. The summed E-state index contributed by atoms with van der Waals surface area (Å²) in [7, 11) is 0. The van der Waals surface area contributed by atoms with Crippen LogP contribution < -0.4 is 5.32 Å². The normalized spacial score (nSPS) is 11.2. The van der Waals surface area contributed by atoms with Crippen molar-refractivity contribution in [3.8, 4) is 16.9 Å². The maximum Gasteiger partial charge on any atom is 0.256 e. The Morgan fingerprint density at radius 2 is 1.63 bits per heavy atom. The zero-order valence-electron chi connectivity index (χ0n) is 21.8. The van der Waals surface area contributed by atoms with Crippen molar-refractivity contribution in [3.05, 3.63) is 100 Å². The second-order valence-corrected chi connectivity index (χ2v) is 10.5. The van der Waals surface area contributed by atoms with Crippen LogP contribution in [0, 0.1) is 0 Å². The number of rotatable bonds is 8. The van der Waals surface area contributed by atoms with Crippen molar-refractivity contribution in [2.75, 3.05) is 11.9 Å². The summed E-state index contributed by atoms with van der Waals surface area (Å²) in [4.78, 5) is 32.7. The zero-order chi connectivity index (χ0) is 27.4. The summed E-state index contributed by atoms with van der Waals surface area (Å²) in [5, 5.41) is 3.59. The molecule has 0 aliphatic carbocycles. The van der Waals surface area contributed by atoms with Crippen LogP contribution in [0.5, 0.6) is 0 Å². The standard InChI is InChI=1S/C30H30Cl2N4O2/c1-19(2)21-10-13-24(14-11-21)36-17-27(22-8-6-5-7-9-22)33-30(36)34-28(37)18-35(20(3)4)29(38)25-15-12-23(31)16-26(25)32/h5-17,19-20H,18H2,1-4H3,(H,33,34,37). The second kappa shape index (κ2) is 11.8. The zero-order valence-corrected chi connectivity index (χ0v) is 23.3. The third-order valence-electron chi connectivity index (χ3n) is 6.22. The number of halogens is 2. The highest BCUT2D eigenvalue weighted by atomic mass is 35.5. The van der Waals surface area contributed by atoms with Crippen LogP contribution in [0.1, 0.15) is 49.5 Å². The molecule has 0 saturated heterocycles. The molecule has 0 saturated carbocycles. The van der Waals surface area contributed by atoms with Gasteiger partial charge in [0.2, 0.25) is 11.9 Å². The summed E-state index contributed by atoms with van der Waals surface area (Å²) in [6, 6.07) is 22.4. The number of nitrogens with zero attached hydrogens (tertiary/aromatic N) is 3. The van der Waals surface area contributed by atoms with Gasteiger partial charge in [-0.3, -0.25) is 19.5 Å². The van der Waals surface area contributed by atoms with E-state index in [1.165, 1.54) is 16.5 Å². The van der Waals surface area contributed by atoms with Gasteiger partial charge in [0, 0.05) is 28.5 Å². The average Bonchev–Trinajstić information content (AvgIpc) is 3.31. The molecule has 4 aromatic rings. The topological polar surface area (TPSA) is 67.2 Å². The Morgan fingerprint density at radius 3 is 2.24 bits per heavy atom. The Balaban J connectivity index is 1.63. The van der Waals surface area contributed by atoms with E-state index in [2.05, 4.69) is 31.3 Å². The van der Waals surface area contributed by atoms with E-state index in [-0.39, 0.29) is 35.0 Å². The van der Waals surface area contributed by atoms with Crippen LogP contribution in [-0.4, -0.2) is 38.9 Å². The molecule has 1 aromatic heterocycles. The molecule has 0 fully saturated rings. The van der Waals surface area contributed by atoms with Crippen molar-refractivity contribution in [2.24, 2.45) is 0 Å². The molecule has 1 heterocycles. The van der Waals surface area contributed by atoms with Crippen LogP contribution >= 0.6 is 23.2 Å². The summed E-state index contributed by atoms with van der Waals surface area (Å²) in [5.74, 6) is 0.0447. The van der Waals surface area contributed by atoms with Crippen LogP contribution in [0.25, 0.3) is 16.9 Å². The summed E-state index contributed by atoms with van der Waals surface area (Å²) in [5.41, 5.74) is 4.02. The molecule has 4 rings (SSSR count). The Hall–Kier alpha value is -3.61. The van der Waals surface area contributed by atoms with Crippen molar-refractivity contribution < 1.29 is 9.59 Å². The van der Waals surface area contributed by atoms with E-state index >= 15 is 0 Å². The maximum atomic E-state index is 13.3. The molecule has 0 radical (unpaired) electrons. The van der Waals surface area contributed by atoms with Gasteiger partial charge in [-0.2, -0.15) is 0 Å². The van der Waals surface area contributed by atoms with Gasteiger partial charge < -0.3 is 4.90 Å². The number of imidazole rings is 1. The molecular weight excluding hydrogens is 519 g/mol. The summed E-state index contributed by atoms with van der Waals surface area (Å²) in [6.07, 6.45) is 1.90. The highest BCUT2D eigenvalue weighted by Gasteiger charge is 2.24. The molecule has 0 aliphatic heterocycles. The third kappa shape index (κ3) is 6.26. The largest absolute Gasteiger partial charge is 0.327 e. The number of nitrogens with one attached hydrogen (secondary N) is 1. The Bertz CT molecular complexity index is 1430. The molecule has 196 valence electrons. The van der Waals surface area contributed by atoms with E-state index in [1.807, 2.05) is 67.1 Å². The molecule has 3 aromatic carbocycles. The molecule has 6 nitrogen and oxygen atoms in total. The molecule has 2 amide bonds. The van der Waals surface area contributed by atoms with Gasteiger partial charge in [0.25, 0.3) is 5.91 Å². The molecule has 1 N–H and O–H groups in total. The lowest BCUT2D eigenvalue weighted by atomic mass is 10.0. The number of hydrogen-bond donors (Lipinski definition) is 1. The highest BCUT2D eigenvalue weighted by Crippen LogP contribution is 2.26. The first-order chi connectivity index (χ1) is 18.1. The number of amides is 2. The number of aromatic nitrogens is 2. The number of anilines is 1. The maximum absolute atomic E-state index is 13.3. The van der Waals surface area contributed by atoms with Crippen LogP contribution in [-0.2, 0) is 4.79 Å². The lowest BCUT2D eigenvalue weighted by Crippen LogP contribution is -2.42. The fraction of sp³-hybridized carbons (Fsp3) is 0.233. The van der Waals surface area contributed by atoms with Gasteiger partial charge in [-0.05, 0) is 55.7 Å². The first-order valence-electron chi connectivity index (χ1n) is 12.4. The van der Waals surface area contributed by atoms with Crippen molar-refractivity contribution in [2.45, 2.75) is 39.7 Å². The number of carbonyl (C=O) groups excluding carboxylic acids is 2. The Kier molecular flexibility index (Phi) is 8.55. The van der Waals surface area contributed by atoms with Gasteiger partial charge in [0.15, 0.2) is 0 Å². The van der Waals surface area contributed by atoms with Gasteiger partial charge in [-0.15, -0.1) is 0 Å². The minimum Gasteiger partial charge on any atom is -0.327 e. The fourth-order valence-electron chi connectivity index (χ4n) is 4.06. The SMILES string of the molecule is CC(C)c1ccc(-n2cc(-c3ccccc3)nc2NC(=O)CN(C(=O)c2ccc(Cl)cc2Cl)C(C)C)cc1. The number of carbonyl (C=O) groups is 2. The molecule has 0 spiro atoms. The molecule has 38 heavy (non-hydrogen) atoms. The third-order valence-corrected chi connectivity index (χ3v) is 6.77. The van der Waals surface area contributed by atoms with Crippen LogP contribution in [0.3, 0.4) is 0 Å². The van der Waals surface area contributed by atoms with Crippen molar-refractivity contribution in [1.29, 1.82) is 0 Å². The Labute approximate surface area is 233 Å². The van der Waals surface area contributed by atoms with E-state index in [9.17, 15) is 9.59 Å². The van der Waals surface area contributed by atoms with E-state index < -0.39 is 0 Å². The first kappa shape index (κ1) is 27.4. The molecule has 0 unspecified atom stereocenters. The number of benzene rings is 3. The molecule has 0 bridgehead atoms. The fourth-order valence-corrected chi connectivity index (χ4v) is 4.55. The first-order valence-corrected chi connectivity index (χ1v) is 13.2. The van der Waals surface area contributed by atoms with E-state index in [4.69, 9.17) is 28.2 Å². The summed E-state index contributed by atoms with van der Waals surface area (Å²) < 4.78 is 1.85. The Morgan fingerprint density at radius 1 is 0.947 bits per heavy atom. The van der Waals surface area contributed by atoms with Gasteiger partial charge in [-0.25, -0.2) is 4.98 Å². The molecule has 0 atom stereocenters. The molecular formula is C30H30Cl2N4O2. The van der Waals surface area contributed by atoms with Gasteiger partial charge in [-0.1, -0.05) is 79.5 Å². The predicted molar refractivity (Wildman–Crippen MR) is 154 cm³/mol. The molecule has 8 heteroatoms. The van der Waals surface area contributed by atoms with Crippen molar-refractivity contribution in [1.82, 2.24) is 14.5 Å². The molecule has 0 aliphatic rings.